The lowest BCUT2D eigenvalue weighted by molar-refractivity contribution is 0.0599. The van der Waals surface area contributed by atoms with Crippen LogP contribution in [0.3, 0.4) is 0 Å². The van der Waals surface area contributed by atoms with E-state index in [0.717, 1.165) is 31.5 Å². The van der Waals surface area contributed by atoms with E-state index in [-0.39, 0.29) is 5.75 Å². The average molecular weight is 351 g/mol. The first-order chi connectivity index (χ1) is 12.5. The quantitative estimate of drug-likeness (QED) is 0.853. The first-order valence-corrected chi connectivity index (χ1v) is 8.54. The molecule has 0 bridgehead atoms. The van der Waals surface area contributed by atoms with Gasteiger partial charge in [-0.05, 0) is 49.4 Å². The number of ether oxygens (including phenoxy) is 1. The molecule has 1 N–H and O–H groups in total. The number of phenolic OH excluding ortho intramolecular Hbond substituents is 1. The van der Waals surface area contributed by atoms with Gasteiger partial charge in [-0.25, -0.2) is 9.78 Å². The summed E-state index contributed by atoms with van der Waals surface area (Å²) < 4.78 is 4.75. The van der Waals surface area contributed by atoms with Gasteiger partial charge in [-0.15, -0.1) is 0 Å². The Morgan fingerprint density at radius 2 is 2.27 bits per heavy atom. The number of aryl methyl sites for hydroxylation is 1. The number of pyridine rings is 1. The maximum Gasteiger partial charge on any atom is 0.339 e. The summed E-state index contributed by atoms with van der Waals surface area (Å²) in [7, 11) is 1.31. The highest BCUT2D eigenvalue weighted by Gasteiger charge is 2.27. The molecule has 6 nitrogen and oxygen atoms in total. The minimum Gasteiger partial charge on any atom is -0.508 e. The van der Waals surface area contributed by atoms with Gasteiger partial charge in [0.05, 0.1) is 23.9 Å². The molecule has 1 aromatic heterocycles. The van der Waals surface area contributed by atoms with Crippen LogP contribution in [0.1, 0.15) is 33.6 Å². The second kappa shape index (κ2) is 7.44. The molecule has 2 aromatic rings. The van der Waals surface area contributed by atoms with Crippen molar-refractivity contribution < 1.29 is 14.6 Å². The summed E-state index contributed by atoms with van der Waals surface area (Å²) in [6, 6.07) is 11.0. The number of aromatic nitrogens is 1. The first-order valence-electron chi connectivity index (χ1n) is 8.54. The molecule has 1 atom stereocenters. The zero-order valence-electron chi connectivity index (χ0n) is 14.9. The molecule has 0 aliphatic carbocycles. The number of carbonyl (C=O) groups excluding carboxylic acids is 1. The predicted molar refractivity (Wildman–Crippen MR) is 97.2 cm³/mol. The molecular weight excluding hydrogens is 330 g/mol. The Labute approximate surface area is 152 Å². The van der Waals surface area contributed by atoms with E-state index in [1.54, 1.807) is 25.1 Å². The van der Waals surface area contributed by atoms with Gasteiger partial charge in [0, 0.05) is 13.1 Å². The summed E-state index contributed by atoms with van der Waals surface area (Å²) in [5.41, 5.74) is 2.36. The van der Waals surface area contributed by atoms with Gasteiger partial charge >= 0.3 is 5.97 Å². The van der Waals surface area contributed by atoms with Crippen LogP contribution in [0, 0.1) is 24.2 Å². The molecule has 3 rings (SSSR count). The van der Waals surface area contributed by atoms with Crippen molar-refractivity contribution in [1.29, 1.82) is 5.26 Å². The molecule has 1 aromatic carbocycles. The highest BCUT2D eigenvalue weighted by molar-refractivity contribution is 5.91. The van der Waals surface area contributed by atoms with E-state index in [2.05, 4.69) is 16.0 Å². The second-order valence-electron chi connectivity index (χ2n) is 6.57. The third-order valence-electron chi connectivity index (χ3n) is 4.74. The molecule has 0 spiro atoms. The third kappa shape index (κ3) is 3.62. The Balaban J connectivity index is 1.79. The van der Waals surface area contributed by atoms with E-state index in [1.807, 2.05) is 12.1 Å². The summed E-state index contributed by atoms with van der Waals surface area (Å²) in [5.74, 6) is 0.836. The van der Waals surface area contributed by atoms with E-state index in [0.29, 0.717) is 28.6 Å². The molecule has 134 valence electrons. The van der Waals surface area contributed by atoms with Crippen LogP contribution in [0.5, 0.6) is 5.75 Å². The molecule has 0 saturated carbocycles. The SMILES string of the molecule is COC(=O)c1cc(C#N)c(N2CCC(Cc3cccc(O)c3)C2)nc1C. The van der Waals surface area contributed by atoms with Crippen LogP contribution in [0.25, 0.3) is 0 Å². The number of rotatable bonds is 4. The Morgan fingerprint density at radius 1 is 1.46 bits per heavy atom. The van der Waals surface area contributed by atoms with Crippen molar-refractivity contribution in [2.45, 2.75) is 19.8 Å². The van der Waals surface area contributed by atoms with Gasteiger partial charge in [0.15, 0.2) is 0 Å². The number of nitriles is 1. The minimum absolute atomic E-state index is 0.278. The number of esters is 1. The zero-order valence-corrected chi connectivity index (χ0v) is 14.9. The number of hydrogen-bond acceptors (Lipinski definition) is 6. The van der Waals surface area contributed by atoms with Crippen molar-refractivity contribution in [1.82, 2.24) is 4.98 Å². The number of carbonyl (C=O) groups is 1. The molecule has 1 saturated heterocycles. The topological polar surface area (TPSA) is 86.5 Å². The van der Waals surface area contributed by atoms with Gasteiger partial charge in [0.25, 0.3) is 0 Å². The maximum absolute atomic E-state index is 11.8. The van der Waals surface area contributed by atoms with E-state index in [4.69, 9.17) is 4.74 Å². The highest BCUT2D eigenvalue weighted by Crippen LogP contribution is 2.29. The fourth-order valence-corrected chi connectivity index (χ4v) is 3.44. The van der Waals surface area contributed by atoms with Crippen LogP contribution in [-0.4, -0.2) is 36.3 Å². The number of hydrogen-bond donors (Lipinski definition) is 1. The van der Waals surface area contributed by atoms with Crippen molar-refractivity contribution in [3.8, 4) is 11.8 Å². The summed E-state index contributed by atoms with van der Waals surface area (Å²) in [5, 5.41) is 19.1. The Bertz CT molecular complexity index is 873. The Morgan fingerprint density at radius 3 is 2.96 bits per heavy atom. The van der Waals surface area contributed by atoms with Gasteiger partial charge in [-0.2, -0.15) is 5.26 Å². The molecular formula is C20H21N3O3. The smallest absolute Gasteiger partial charge is 0.339 e. The van der Waals surface area contributed by atoms with Gasteiger partial charge in [-0.3, -0.25) is 0 Å². The summed E-state index contributed by atoms with van der Waals surface area (Å²) >= 11 is 0. The molecule has 1 aliphatic rings. The monoisotopic (exact) mass is 351 g/mol. The summed E-state index contributed by atoms with van der Waals surface area (Å²) in [6.07, 6.45) is 1.85. The lowest BCUT2D eigenvalue weighted by Crippen LogP contribution is -2.23. The van der Waals surface area contributed by atoms with Gasteiger partial charge in [0.1, 0.15) is 17.6 Å². The number of aromatic hydroxyl groups is 1. The zero-order chi connectivity index (χ0) is 18.7. The average Bonchev–Trinajstić information content (AvgIpc) is 3.09. The molecule has 1 fully saturated rings. The highest BCUT2D eigenvalue weighted by atomic mass is 16.5. The first kappa shape index (κ1) is 17.7. The maximum atomic E-state index is 11.8. The van der Waals surface area contributed by atoms with E-state index >= 15 is 0 Å². The van der Waals surface area contributed by atoms with Gasteiger partial charge in [-0.1, -0.05) is 12.1 Å². The van der Waals surface area contributed by atoms with Crippen LogP contribution in [0.4, 0.5) is 5.82 Å². The molecule has 26 heavy (non-hydrogen) atoms. The van der Waals surface area contributed by atoms with E-state index in [9.17, 15) is 15.2 Å². The van der Waals surface area contributed by atoms with E-state index < -0.39 is 5.97 Å². The lowest BCUT2D eigenvalue weighted by Gasteiger charge is -2.20. The molecule has 6 heteroatoms. The number of nitrogens with zero attached hydrogens (tertiary/aromatic N) is 3. The second-order valence-corrected chi connectivity index (χ2v) is 6.57. The van der Waals surface area contributed by atoms with Crippen LogP contribution in [-0.2, 0) is 11.2 Å². The molecule has 1 aliphatic heterocycles. The Kier molecular flexibility index (Phi) is 5.08. The fraction of sp³-hybridized carbons (Fsp3) is 0.350. The summed E-state index contributed by atoms with van der Waals surface area (Å²) in [6.45, 7) is 3.34. The molecule has 0 amide bonds. The fourth-order valence-electron chi connectivity index (χ4n) is 3.44. The van der Waals surface area contributed by atoms with Crippen LogP contribution >= 0.6 is 0 Å². The predicted octanol–water partition coefficient (Wildman–Crippen LogP) is 2.82. The molecule has 2 heterocycles. The van der Waals surface area contributed by atoms with Crippen molar-refractivity contribution in [2.24, 2.45) is 5.92 Å². The lowest BCUT2D eigenvalue weighted by atomic mass is 9.98. The molecule has 1 unspecified atom stereocenters. The number of methoxy groups -OCH3 is 1. The number of anilines is 1. The van der Waals surface area contributed by atoms with Crippen molar-refractivity contribution in [3.05, 3.63) is 52.7 Å². The summed E-state index contributed by atoms with van der Waals surface area (Å²) in [4.78, 5) is 18.4. The van der Waals surface area contributed by atoms with Crippen LogP contribution in [0.2, 0.25) is 0 Å². The van der Waals surface area contributed by atoms with Crippen LogP contribution < -0.4 is 4.90 Å². The van der Waals surface area contributed by atoms with Crippen LogP contribution in [0.15, 0.2) is 30.3 Å². The minimum atomic E-state index is -0.485. The van der Waals surface area contributed by atoms with Crippen molar-refractivity contribution in [3.63, 3.8) is 0 Å². The standard InChI is InChI=1S/C20H21N3O3/c1-13-18(20(25)26-2)10-16(11-21)19(22-13)23-7-6-15(12-23)8-14-4-3-5-17(24)9-14/h3-5,9-10,15,24H,6-8,12H2,1-2H3. The van der Waals surface area contributed by atoms with E-state index in [1.165, 1.54) is 7.11 Å². The molecule has 0 radical (unpaired) electrons. The third-order valence-corrected chi connectivity index (χ3v) is 4.74. The van der Waals surface area contributed by atoms with Crippen molar-refractivity contribution in [2.75, 3.05) is 25.1 Å². The number of phenols is 1. The number of benzene rings is 1. The van der Waals surface area contributed by atoms with Gasteiger partial charge < -0.3 is 14.7 Å². The Hall–Kier alpha value is -3.07. The normalized spacial score (nSPS) is 16.3. The van der Waals surface area contributed by atoms with Crippen molar-refractivity contribution >= 4 is 11.8 Å². The largest absolute Gasteiger partial charge is 0.508 e. The van der Waals surface area contributed by atoms with Gasteiger partial charge in [0.2, 0.25) is 0 Å².